The van der Waals surface area contributed by atoms with Crippen molar-refractivity contribution in [3.63, 3.8) is 0 Å². The third-order valence-electron chi connectivity index (χ3n) is 4.66. The fraction of sp³-hybridized carbons (Fsp3) is 0.150. The van der Waals surface area contributed by atoms with E-state index in [1.54, 1.807) is 24.4 Å². The van der Waals surface area contributed by atoms with Crippen molar-refractivity contribution in [2.75, 3.05) is 24.8 Å². The number of nitrogens with one attached hydrogen (secondary N) is 3. The number of hydroxylamine groups is 1. The Morgan fingerprint density at radius 2 is 1.87 bits per heavy atom. The Labute approximate surface area is 179 Å². The first kappa shape index (κ1) is 20.7. The summed E-state index contributed by atoms with van der Waals surface area (Å²) in [7, 11) is -1.14. The SMILES string of the molecule is CON(C)S(=O)(=O)c1cccc(Nc2nccc(Nc3ccc4c(C)[nH]nc4c3)n2)c1. The van der Waals surface area contributed by atoms with Crippen LogP contribution in [0.1, 0.15) is 5.69 Å². The third kappa shape index (κ3) is 4.33. The van der Waals surface area contributed by atoms with Crippen LogP contribution in [0, 0.1) is 6.92 Å². The van der Waals surface area contributed by atoms with E-state index in [1.807, 2.05) is 25.1 Å². The zero-order valence-corrected chi connectivity index (χ0v) is 17.9. The number of benzene rings is 2. The maximum atomic E-state index is 12.4. The van der Waals surface area contributed by atoms with Crippen molar-refractivity contribution in [2.45, 2.75) is 11.8 Å². The van der Waals surface area contributed by atoms with Crippen LogP contribution in [0.15, 0.2) is 59.6 Å². The highest BCUT2D eigenvalue weighted by atomic mass is 32.2. The van der Waals surface area contributed by atoms with Gasteiger partial charge in [0.1, 0.15) is 5.82 Å². The van der Waals surface area contributed by atoms with Gasteiger partial charge in [-0.15, -0.1) is 0 Å². The van der Waals surface area contributed by atoms with Gasteiger partial charge in [-0.1, -0.05) is 10.5 Å². The normalized spacial score (nSPS) is 11.7. The van der Waals surface area contributed by atoms with Gasteiger partial charge in [0.2, 0.25) is 5.95 Å². The second-order valence-electron chi connectivity index (χ2n) is 6.72. The van der Waals surface area contributed by atoms with Crippen LogP contribution in [0.2, 0.25) is 0 Å². The summed E-state index contributed by atoms with van der Waals surface area (Å²) in [5.74, 6) is 0.892. The predicted molar refractivity (Wildman–Crippen MR) is 118 cm³/mol. The minimum absolute atomic E-state index is 0.0822. The van der Waals surface area contributed by atoms with Gasteiger partial charge in [-0.05, 0) is 49.4 Å². The Balaban J connectivity index is 1.54. The molecule has 160 valence electrons. The van der Waals surface area contributed by atoms with Crippen molar-refractivity contribution in [3.8, 4) is 0 Å². The lowest BCUT2D eigenvalue weighted by molar-refractivity contribution is -0.0258. The smallest absolute Gasteiger partial charge is 0.264 e. The molecule has 0 saturated carbocycles. The molecular formula is C20H21N7O3S. The Morgan fingerprint density at radius 1 is 1.06 bits per heavy atom. The molecule has 2 aromatic carbocycles. The number of hydrogen-bond acceptors (Lipinski definition) is 8. The minimum Gasteiger partial charge on any atom is -0.340 e. The Kier molecular flexibility index (Phi) is 5.55. The van der Waals surface area contributed by atoms with Gasteiger partial charge in [-0.3, -0.25) is 9.94 Å². The molecule has 0 aliphatic heterocycles. The molecular weight excluding hydrogens is 418 g/mol. The Bertz CT molecular complexity index is 1340. The summed E-state index contributed by atoms with van der Waals surface area (Å²) >= 11 is 0. The fourth-order valence-corrected chi connectivity index (χ4v) is 3.99. The highest BCUT2D eigenvalue weighted by Crippen LogP contribution is 2.24. The number of hydrogen-bond donors (Lipinski definition) is 3. The summed E-state index contributed by atoms with van der Waals surface area (Å²) in [4.78, 5) is 13.5. The number of nitrogens with zero attached hydrogens (tertiary/aromatic N) is 4. The minimum atomic E-state index is -3.76. The van der Waals surface area contributed by atoms with E-state index in [2.05, 4.69) is 30.8 Å². The fourth-order valence-electron chi connectivity index (χ4n) is 2.97. The average molecular weight is 440 g/mol. The van der Waals surface area contributed by atoms with Crippen LogP contribution in [0.25, 0.3) is 10.9 Å². The highest BCUT2D eigenvalue weighted by Gasteiger charge is 2.21. The van der Waals surface area contributed by atoms with E-state index in [9.17, 15) is 8.42 Å². The van der Waals surface area contributed by atoms with Crippen LogP contribution >= 0.6 is 0 Å². The molecule has 10 nitrogen and oxygen atoms in total. The van der Waals surface area contributed by atoms with Gasteiger partial charge < -0.3 is 10.6 Å². The molecule has 3 N–H and O–H groups in total. The predicted octanol–water partition coefficient (Wildman–Crippen LogP) is 3.33. The van der Waals surface area contributed by atoms with Crippen molar-refractivity contribution in [2.24, 2.45) is 0 Å². The molecule has 0 unspecified atom stereocenters. The van der Waals surface area contributed by atoms with Crippen molar-refractivity contribution < 1.29 is 13.3 Å². The summed E-state index contributed by atoms with van der Waals surface area (Å²) in [5.41, 5.74) is 3.22. The van der Waals surface area contributed by atoms with Gasteiger partial charge in [0.05, 0.1) is 17.5 Å². The summed E-state index contributed by atoms with van der Waals surface area (Å²) in [5, 5.41) is 14.5. The molecule has 0 atom stereocenters. The number of aromatic amines is 1. The number of fused-ring (bicyclic) bond motifs is 1. The second-order valence-corrected chi connectivity index (χ2v) is 8.66. The largest absolute Gasteiger partial charge is 0.340 e. The number of rotatable bonds is 7. The van der Waals surface area contributed by atoms with Crippen LogP contribution < -0.4 is 10.6 Å². The lowest BCUT2D eigenvalue weighted by atomic mass is 10.2. The van der Waals surface area contributed by atoms with Gasteiger partial charge >= 0.3 is 0 Å². The summed E-state index contributed by atoms with van der Waals surface area (Å²) in [6, 6.07) is 13.9. The van der Waals surface area contributed by atoms with Crippen LogP contribution in [0.4, 0.5) is 23.1 Å². The Morgan fingerprint density at radius 3 is 2.68 bits per heavy atom. The molecule has 31 heavy (non-hydrogen) atoms. The summed E-state index contributed by atoms with van der Waals surface area (Å²) < 4.78 is 25.7. The highest BCUT2D eigenvalue weighted by molar-refractivity contribution is 7.89. The number of anilines is 4. The van der Waals surface area contributed by atoms with Crippen LogP contribution in [-0.2, 0) is 14.9 Å². The Hall–Kier alpha value is -3.54. The first-order valence-electron chi connectivity index (χ1n) is 9.32. The molecule has 0 spiro atoms. The number of aryl methyl sites for hydroxylation is 1. The first-order chi connectivity index (χ1) is 14.9. The lowest BCUT2D eigenvalue weighted by Crippen LogP contribution is -2.25. The van der Waals surface area contributed by atoms with Crippen molar-refractivity contribution in [1.82, 2.24) is 24.6 Å². The molecule has 4 rings (SSSR count). The van der Waals surface area contributed by atoms with Crippen molar-refractivity contribution in [3.05, 3.63) is 60.4 Å². The van der Waals surface area contributed by atoms with Crippen molar-refractivity contribution in [1.29, 1.82) is 0 Å². The van der Waals surface area contributed by atoms with E-state index in [1.165, 1.54) is 26.3 Å². The van der Waals surface area contributed by atoms with E-state index >= 15 is 0 Å². The van der Waals surface area contributed by atoms with Crippen LogP contribution in [0.5, 0.6) is 0 Å². The lowest BCUT2D eigenvalue weighted by Gasteiger charge is -2.15. The monoisotopic (exact) mass is 439 g/mol. The molecule has 2 aromatic heterocycles. The van der Waals surface area contributed by atoms with Gasteiger partial charge in [0.25, 0.3) is 10.0 Å². The van der Waals surface area contributed by atoms with E-state index in [4.69, 9.17) is 4.84 Å². The molecule has 0 radical (unpaired) electrons. The maximum Gasteiger partial charge on any atom is 0.264 e. The standard InChI is InChI=1S/C20H21N7O3S/c1-13-17-8-7-15(12-18(17)26-25-13)22-19-9-10-21-20(24-19)23-14-5-4-6-16(11-14)31(28,29)27(2)30-3/h4-12H,1-3H3,(H,25,26)(H2,21,22,23,24). The average Bonchev–Trinajstić information content (AvgIpc) is 3.13. The van der Waals surface area contributed by atoms with Crippen LogP contribution in [0.3, 0.4) is 0 Å². The van der Waals surface area contributed by atoms with Crippen LogP contribution in [-0.4, -0.2) is 47.2 Å². The van der Waals surface area contributed by atoms with Gasteiger partial charge in [-0.2, -0.15) is 10.1 Å². The molecule has 0 amide bonds. The molecule has 2 heterocycles. The number of sulfonamides is 1. The molecule has 0 bridgehead atoms. The van der Waals surface area contributed by atoms with E-state index in [-0.39, 0.29) is 4.90 Å². The first-order valence-corrected chi connectivity index (χ1v) is 10.8. The quantitative estimate of drug-likeness (QED) is 0.375. The van der Waals surface area contributed by atoms with Crippen molar-refractivity contribution >= 4 is 44.1 Å². The van der Waals surface area contributed by atoms with E-state index < -0.39 is 10.0 Å². The van der Waals surface area contributed by atoms with E-state index in [0.717, 1.165) is 26.8 Å². The topological polar surface area (TPSA) is 125 Å². The van der Waals surface area contributed by atoms with Gasteiger partial charge in [-0.25, -0.2) is 13.4 Å². The summed E-state index contributed by atoms with van der Waals surface area (Å²) in [6.45, 7) is 1.97. The molecule has 0 fully saturated rings. The summed E-state index contributed by atoms with van der Waals surface area (Å²) in [6.07, 6.45) is 1.61. The van der Waals surface area contributed by atoms with Gasteiger partial charge in [0.15, 0.2) is 0 Å². The maximum absolute atomic E-state index is 12.4. The van der Waals surface area contributed by atoms with Gasteiger partial charge in [0, 0.05) is 35.7 Å². The molecule has 0 aliphatic rings. The molecule has 11 heteroatoms. The number of aromatic nitrogens is 4. The van der Waals surface area contributed by atoms with E-state index in [0.29, 0.717) is 17.5 Å². The molecule has 0 saturated heterocycles. The molecule has 0 aliphatic carbocycles. The zero-order valence-electron chi connectivity index (χ0n) is 17.1. The second kappa shape index (κ2) is 8.30. The third-order valence-corrected chi connectivity index (χ3v) is 6.33. The zero-order chi connectivity index (χ0) is 22.0. The number of H-pyrrole nitrogens is 1. The molecule has 4 aromatic rings.